The number of hydrazone groups is 1. The van der Waals surface area contributed by atoms with Crippen molar-refractivity contribution >= 4 is 22.4 Å². The van der Waals surface area contributed by atoms with Crippen LogP contribution in [0, 0.1) is 17.8 Å². The molecule has 8 nitrogen and oxygen atoms in total. The number of para-hydroxylation sites is 2. The molecule has 0 atom stereocenters. The summed E-state index contributed by atoms with van der Waals surface area (Å²) in [6.07, 6.45) is 3.88. The van der Waals surface area contributed by atoms with Gasteiger partial charge in [-0.15, -0.1) is 0 Å². The zero-order valence-corrected chi connectivity index (χ0v) is 34.5. The quantitative estimate of drug-likeness (QED) is 0.0562. The number of nitrogens with two attached hydrogens (primary N) is 1. The van der Waals surface area contributed by atoms with Gasteiger partial charge in [0.2, 0.25) is 0 Å². The SMILES string of the molecule is C=CC(=C)/C(C)=N\N(N)c1cc(C(C)(C)CC(C)(C)C)cc(Cc2cc(C(C)(C)CC(C)(C)C)cc(C)c2O)c1O.CC.c1ccc2n[nH]nc2c1. The summed E-state index contributed by atoms with van der Waals surface area (Å²) in [4.78, 5) is 0. The van der Waals surface area contributed by atoms with E-state index < -0.39 is 0 Å². The first-order valence-corrected chi connectivity index (χ1v) is 18.3. The minimum Gasteiger partial charge on any atom is -0.507 e. The highest BCUT2D eigenvalue weighted by atomic mass is 16.3. The molecule has 0 aliphatic rings. The second kappa shape index (κ2) is 17.4. The third-order valence-corrected chi connectivity index (χ3v) is 8.87. The lowest BCUT2D eigenvalue weighted by Gasteiger charge is -2.34. The minimum atomic E-state index is -0.214. The predicted octanol–water partition coefficient (Wildman–Crippen LogP) is 11.2. The largest absolute Gasteiger partial charge is 0.507 e. The molecule has 0 saturated heterocycles. The molecule has 0 radical (unpaired) electrons. The Kier molecular flexibility index (Phi) is 14.6. The number of phenolic OH excluding ortho intramolecular Hbond substituents is 2. The summed E-state index contributed by atoms with van der Waals surface area (Å²) in [7, 11) is 0. The molecule has 52 heavy (non-hydrogen) atoms. The van der Waals surface area contributed by atoms with Gasteiger partial charge in [0.05, 0.1) is 5.71 Å². The Balaban J connectivity index is 0.000000719. The number of aromatic nitrogens is 3. The first-order valence-electron chi connectivity index (χ1n) is 18.3. The molecule has 0 bridgehead atoms. The highest BCUT2D eigenvalue weighted by Gasteiger charge is 2.31. The number of aromatic amines is 1. The van der Waals surface area contributed by atoms with Crippen LogP contribution in [0.3, 0.4) is 0 Å². The summed E-state index contributed by atoms with van der Waals surface area (Å²) in [6.45, 7) is 37.8. The fraction of sp³-hybridized carbons (Fsp3) is 0.477. The van der Waals surface area contributed by atoms with Gasteiger partial charge in [-0.05, 0) is 94.4 Å². The fourth-order valence-electron chi connectivity index (χ4n) is 7.03. The van der Waals surface area contributed by atoms with E-state index in [2.05, 4.69) is 121 Å². The number of allylic oxidation sites excluding steroid dienone is 2. The number of phenols is 2. The summed E-state index contributed by atoms with van der Waals surface area (Å²) in [6, 6.07) is 15.9. The maximum atomic E-state index is 11.6. The highest BCUT2D eigenvalue weighted by molar-refractivity contribution is 6.00. The summed E-state index contributed by atoms with van der Waals surface area (Å²) in [5.74, 6) is 6.74. The van der Waals surface area contributed by atoms with Gasteiger partial charge in [-0.1, -0.05) is 133 Å². The molecule has 1 aromatic heterocycles. The number of nitrogens with zero attached hydrogens (tertiary/aromatic N) is 4. The molecule has 4 aromatic rings. The van der Waals surface area contributed by atoms with E-state index in [0.29, 0.717) is 29.0 Å². The molecule has 8 heteroatoms. The normalized spacial score (nSPS) is 12.4. The lowest BCUT2D eigenvalue weighted by molar-refractivity contribution is 0.283. The predicted molar refractivity (Wildman–Crippen MR) is 222 cm³/mol. The molecule has 0 aliphatic heterocycles. The number of nitrogens with one attached hydrogen (secondary N) is 1. The molecular formula is C44H66N6O2. The smallest absolute Gasteiger partial charge is 0.146 e. The number of H-pyrrole nitrogens is 1. The van der Waals surface area contributed by atoms with E-state index in [1.54, 1.807) is 13.0 Å². The summed E-state index contributed by atoms with van der Waals surface area (Å²) in [5.41, 5.74) is 7.91. The third-order valence-electron chi connectivity index (χ3n) is 8.87. The number of fused-ring (bicyclic) bond motifs is 1. The van der Waals surface area contributed by atoms with Crippen molar-refractivity contribution in [2.75, 3.05) is 5.12 Å². The second-order valence-corrected chi connectivity index (χ2v) is 17.3. The number of aryl methyl sites for hydroxylation is 1. The van der Waals surface area contributed by atoms with Crippen molar-refractivity contribution in [3.8, 4) is 11.5 Å². The minimum absolute atomic E-state index is 0.0416. The molecule has 0 unspecified atom stereocenters. The summed E-state index contributed by atoms with van der Waals surface area (Å²) >= 11 is 0. The highest BCUT2D eigenvalue weighted by Crippen LogP contribution is 2.44. The van der Waals surface area contributed by atoms with Gasteiger partial charge in [0.15, 0.2) is 0 Å². The summed E-state index contributed by atoms with van der Waals surface area (Å²) in [5, 5.41) is 38.8. The Morgan fingerprint density at radius 1 is 0.808 bits per heavy atom. The average Bonchev–Trinajstić information content (AvgIpc) is 3.51. The van der Waals surface area contributed by atoms with Gasteiger partial charge in [-0.3, -0.25) is 0 Å². The molecule has 3 aromatic carbocycles. The number of aromatic hydroxyl groups is 2. The number of hydrazine groups is 1. The topological polar surface area (TPSA) is 124 Å². The number of anilines is 1. The zero-order chi connectivity index (χ0) is 39.8. The van der Waals surface area contributed by atoms with Crippen LogP contribution in [0.15, 0.2) is 78.4 Å². The van der Waals surface area contributed by atoms with E-state index in [4.69, 9.17) is 5.84 Å². The Bertz CT molecular complexity index is 1820. The summed E-state index contributed by atoms with van der Waals surface area (Å²) < 4.78 is 0. The van der Waals surface area contributed by atoms with E-state index >= 15 is 0 Å². The molecule has 0 spiro atoms. The monoisotopic (exact) mass is 711 g/mol. The number of hydrogen-bond donors (Lipinski definition) is 4. The van der Waals surface area contributed by atoms with Gasteiger partial charge in [0.25, 0.3) is 0 Å². The molecule has 0 amide bonds. The number of benzene rings is 3. The van der Waals surface area contributed by atoms with Crippen molar-refractivity contribution in [2.45, 2.75) is 127 Å². The van der Waals surface area contributed by atoms with Gasteiger partial charge in [0.1, 0.15) is 28.2 Å². The van der Waals surface area contributed by atoms with Gasteiger partial charge in [-0.2, -0.15) is 25.6 Å². The van der Waals surface area contributed by atoms with Crippen molar-refractivity contribution in [3.63, 3.8) is 0 Å². The Labute approximate surface area is 313 Å². The molecular weight excluding hydrogens is 645 g/mol. The van der Waals surface area contributed by atoms with Gasteiger partial charge < -0.3 is 10.2 Å². The van der Waals surface area contributed by atoms with E-state index in [0.717, 1.165) is 40.6 Å². The van der Waals surface area contributed by atoms with Crippen LogP contribution in [-0.2, 0) is 17.3 Å². The second-order valence-electron chi connectivity index (χ2n) is 17.3. The van der Waals surface area contributed by atoms with Crippen molar-refractivity contribution in [2.24, 2.45) is 21.8 Å². The first kappa shape index (κ1) is 43.7. The van der Waals surface area contributed by atoms with Gasteiger partial charge in [-0.25, -0.2) is 5.84 Å². The molecule has 0 aliphatic carbocycles. The van der Waals surface area contributed by atoms with Crippen molar-refractivity contribution in [1.82, 2.24) is 15.4 Å². The third kappa shape index (κ3) is 12.1. The number of hydrogen-bond acceptors (Lipinski definition) is 7. The lowest BCUT2D eigenvalue weighted by atomic mass is 9.71. The van der Waals surface area contributed by atoms with Crippen molar-refractivity contribution in [3.05, 3.63) is 101 Å². The molecule has 4 rings (SSSR count). The van der Waals surface area contributed by atoms with E-state index in [1.807, 2.05) is 51.1 Å². The van der Waals surface area contributed by atoms with Gasteiger partial charge >= 0.3 is 0 Å². The molecule has 0 saturated carbocycles. The standard InChI is InChI=1S/C36H55N3O2.C6H5N3.C2H6/c1-15-23(2)25(4)38-39(37)30-20-29(36(13,14)22-34(8,9)10)19-27(32(30)41)17-26-18-28(16-24(3)31(26)40)35(11,12)21-33(5,6)7;1-2-4-6-5(3-1)7-9-8-6;1-2/h15-16,18-20,40-41H,1-2,17,21-22,37H2,3-14H3;1-4H,(H,7,8,9);1-2H3/b38-25-;;. The van der Waals surface area contributed by atoms with Crippen LogP contribution >= 0.6 is 0 Å². The molecule has 284 valence electrons. The van der Waals surface area contributed by atoms with Crippen LogP contribution in [-0.4, -0.2) is 31.3 Å². The lowest BCUT2D eigenvalue weighted by Crippen LogP contribution is -2.29. The van der Waals surface area contributed by atoms with Crippen LogP contribution < -0.4 is 11.0 Å². The van der Waals surface area contributed by atoms with Crippen molar-refractivity contribution in [1.29, 1.82) is 0 Å². The molecule has 5 N–H and O–H groups in total. The molecule has 1 heterocycles. The number of rotatable bonds is 10. The average molecular weight is 711 g/mol. The van der Waals surface area contributed by atoms with E-state index in [-0.39, 0.29) is 33.2 Å². The van der Waals surface area contributed by atoms with Crippen LogP contribution in [0.4, 0.5) is 5.69 Å². The maximum absolute atomic E-state index is 11.6. The fourth-order valence-corrected chi connectivity index (χ4v) is 7.03. The Morgan fingerprint density at radius 2 is 1.25 bits per heavy atom. The van der Waals surface area contributed by atoms with Crippen LogP contribution in [0.1, 0.15) is 131 Å². The molecule has 0 fully saturated rings. The zero-order valence-electron chi connectivity index (χ0n) is 34.5. The van der Waals surface area contributed by atoms with Crippen LogP contribution in [0.5, 0.6) is 11.5 Å². The van der Waals surface area contributed by atoms with Crippen molar-refractivity contribution < 1.29 is 10.2 Å². The Morgan fingerprint density at radius 3 is 1.69 bits per heavy atom. The maximum Gasteiger partial charge on any atom is 0.146 e. The van der Waals surface area contributed by atoms with E-state index in [1.165, 1.54) is 10.7 Å². The van der Waals surface area contributed by atoms with Crippen LogP contribution in [0.2, 0.25) is 0 Å². The van der Waals surface area contributed by atoms with Crippen LogP contribution in [0.25, 0.3) is 11.0 Å². The van der Waals surface area contributed by atoms with Gasteiger partial charge in [0, 0.05) is 12.0 Å². The van der Waals surface area contributed by atoms with E-state index in [9.17, 15) is 10.2 Å². The first-order chi connectivity index (χ1) is 23.9. The Hall–Kier alpha value is -4.43.